The van der Waals surface area contributed by atoms with Gasteiger partial charge in [0.25, 0.3) is 0 Å². The van der Waals surface area contributed by atoms with E-state index in [4.69, 9.17) is 0 Å². The molecule has 2 N–H and O–H groups in total. The third kappa shape index (κ3) is 1.68. The van der Waals surface area contributed by atoms with Crippen LogP contribution in [0.4, 0.5) is 0 Å². The Labute approximate surface area is 65.5 Å². The molecule has 3 nitrogen and oxygen atoms in total. The number of pyridine rings is 1. The molecule has 0 aliphatic rings. The number of hydrogen-bond donors (Lipinski definition) is 2. The fourth-order valence-corrected chi connectivity index (χ4v) is 0.923. The summed E-state index contributed by atoms with van der Waals surface area (Å²) in [5, 5.41) is 3.00. The van der Waals surface area contributed by atoms with Gasteiger partial charge in [0.1, 0.15) is 0 Å². The third-order valence-corrected chi connectivity index (χ3v) is 1.75. The molecule has 0 spiro atoms. The minimum absolute atomic E-state index is 0.0746. The van der Waals surface area contributed by atoms with Crippen LogP contribution in [-0.2, 0) is 0 Å². The van der Waals surface area contributed by atoms with Gasteiger partial charge in [-0.2, -0.15) is 0 Å². The molecule has 0 amide bonds. The van der Waals surface area contributed by atoms with Crippen molar-refractivity contribution in [1.29, 1.82) is 0 Å². The molecule has 1 heterocycles. The first-order chi connectivity index (χ1) is 5.25. The lowest BCUT2D eigenvalue weighted by molar-refractivity contribution is 0.645. The number of nitrogens with one attached hydrogen (secondary N) is 2. The minimum Gasteiger partial charge on any atom is -0.367 e. The van der Waals surface area contributed by atoms with Crippen LogP contribution in [0.3, 0.4) is 0 Å². The van der Waals surface area contributed by atoms with Gasteiger partial charge in [-0.3, -0.25) is 4.79 Å². The van der Waals surface area contributed by atoms with Crippen molar-refractivity contribution in [3.05, 3.63) is 34.2 Å². The zero-order chi connectivity index (χ0) is 8.27. The van der Waals surface area contributed by atoms with E-state index in [2.05, 4.69) is 10.3 Å². The topological polar surface area (TPSA) is 44.9 Å². The highest BCUT2D eigenvalue weighted by molar-refractivity contribution is 5.12. The molecule has 3 heteroatoms. The van der Waals surface area contributed by atoms with Gasteiger partial charge in [-0.15, -0.1) is 0 Å². The molecule has 0 saturated carbocycles. The molecule has 11 heavy (non-hydrogen) atoms. The monoisotopic (exact) mass is 152 g/mol. The maximum absolute atomic E-state index is 11.2. The SMILES string of the molecule is CN[C@@H](C)c1c[nH]ccc1=O. The van der Waals surface area contributed by atoms with Crippen LogP contribution >= 0.6 is 0 Å². The van der Waals surface area contributed by atoms with Crippen molar-refractivity contribution < 1.29 is 0 Å². The summed E-state index contributed by atoms with van der Waals surface area (Å²) in [5.74, 6) is 0. The van der Waals surface area contributed by atoms with Crippen LogP contribution in [0.15, 0.2) is 23.3 Å². The van der Waals surface area contributed by atoms with Gasteiger partial charge in [0.2, 0.25) is 0 Å². The predicted octanol–water partition coefficient (Wildman–Crippen LogP) is 0.655. The van der Waals surface area contributed by atoms with Crippen LogP contribution in [-0.4, -0.2) is 12.0 Å². The second kappa shape index (κ2) is 3.34. The summed E-state index contributed by atoms with van der Waals surface area (Å²) < 4.78 is 0. The van der Waals surface area contributed by atoms with Gasteiger partial charge in [0, 0.05) is 30.1 Å². The molecule has 0 bridgehead atoms. The highest BCUT2D eigenvalue weighted by Crippen LogP contribution is 2.02. The van der Waals surface area contributed by atoms with Crippen molar-refractivity contribution in [2.75, 3.05) is 7.05 Å². The van der Waals surface area contributed by atoms with Crippen LogP contribution < -0.4 is 10.7 Å². The molecule has 0 aliphatic heterocycles. The van der Waals surface area contributed by atoms with Crippen molar-refractivity contribution in [3.63, 3.8) is 0 Å². The number of aromatic amines is 1. The van der Waals surface area contributed by atoms with Crippen LogP contribution in [0.25, 0.3) is 0 Å². The zero-order valence-electron chi connectivity index (χ0n) is 6.72. The lowest BCUT2D eigenvalue weighted by atomic mass is 10.1. The van der Waals surface area contributed by atoms with E-state index in [1.807, 2.05) is 14.0 Å². The summed E-state index contributed by atoms with van der Waals surface area (Å²) in [6, 6.07) is 1.64. The summed E-state index contributed by atoms with van der Waals surface area (Å²) in [6.45, 7) is 1.95. The molecule has 0 aliphatic carbocycles. The smallest absolute Gasteiger partial charge is 0.186 e. The Bertz CT molecular complexity index is 279. The van der Waals surface area contributed by atoms with Crippen molar-refractivity contribution in [2.24, 2.45) is 0 Å². The van der Waals surface area contributed by atoms with E-state index in [1.165, 1.54) is 6.07 Å². The van der Waals surface area contributed by atoms with E-state index in [9.17, 15) is 4.79 Å². The Hall–Kier alpha value is -1.09. The molecular formula is C8H12N2O. The largest absolute Gasteiger partial charge is 0.367 e. The van der Waals surface area contributed by atoms with E-state index in [-0.39, 0.29) is 11.5 Å². The summed E-state index contributed by atoms with van der Waals surface area (Å²) in [6.07, 6.45) is 3.36. The highest BCUT2D eigenvalue weighted by atomic mass is 16.1. The molecule has 0 saturated heterocycles. The van der Waals surface area contributed by atoms with E-state index >= 15 is 0 Å². The van der Waals surface area contributed by atoms with Crippen molar-refractivity contribution in [2.45, 2.75) is 13.0 Å². The molecule has 60 valence electrons. The van der Waals surface area contributed by atoms with Gasteiger partial charge in [0.15, 0.2) is 5.43 Å². The Morgan fingerprint density at radius 2 is 2.36 bits per heavy atom. The molecule has 0 fully saturated rings. The van der Waals surface area contributed by atoms with E-state index in [0.717, 1.165) is 5.56 Å². The summed E-state index contributed by atoms with van der Waals surface area (Å²) >= 11 is 0. The fraction of sp³-hybridized carbons (Fsp3) is 0.375. The van der Waals surface area contributed by atoms with Gasteiger partial charge in [-0.05, 0) is 14.0 Å². The van der Waals surface area contributed by atoms with Gasteiger partial charge in [0.05, 0.1) is 0 Å². The fourth-order valence-electron chi connectivity index (χ4n) is 0.923. The van der Waals surface area contributed by atoms with Gasteiger partial charge in [-0.1, -0.05) is 0 Å². The third-order valence-electron chi connectivity index (χ3n) is 1.75. The van der Waals surface area contributed by atoms with Crippen molar-refractivity contribution in [1.82, 2.24) is 10.3 Å². The Balaban J connectivity index is 3.03. The standard InChI is InChI=1S/C8H12N2O/c1-6(9-2)7-5-10-4-3-8(7)11/h3-6,9H,1-2H3,(H,10,11)/t6-/m0/s1. The Morgan fingerprint density at radius 3 is 2.91 bits per heavy atom. The molecule has 1 aromatic heterocycles. The molecular weight excluding hydrogens is 140 g/mol. The predicted molar refractivity (Wildman–Crippen MR) is 44.5 cm³/mol. The number of H-pyrrole nitrogens is 1. The van der Waals surface area contributed by atoms with Crippen LogP contribution in [0.5, 0.6) is 0 Å². The molecule has 1 rings (SSSR count). The highest BCUT2D eigenvalue weighted by Gasteiger charge is 2.04. The molecule has 0 unspecified atom stereocenters. The maximum atomic E-state index is 11.2. The molecule has 0 radical (unpaired) electrons. The summed E-state index contributed by atoms with van der Waals surface area (Å²) in [7, 11) is 1.83. The van der Waals surface area contributed by atoms with Crippen molar-refractivity contribution >= 4 is 0 Å². The van der Waals surface area contributed by atoms with Crippen LogP contribution in [0.1, 0.15) is 18.5 Å². The average Bonchev–Trinajstić information content (AvgIpc) is 2.04. The number of hydrogen-bond acceptors (Lipinski definition) is 2. The van der Waals surface area contributed by atoms with Crippen LogP contribution in [0, 0.1) is 0 Å². The van der Waals surface area contributed by atoms with Gasteiger partial charge >= 0.3 is 0 Å². The van der Waals surface area contributed by atoms with E-state index < -0.39 is 0 Å². The second-order valence-electron chi connectivity index (χ2n) is 2.47. The van der Waals surface area contributed by atoms with Gasteiger partial charge < -0.3 is 10.3 Å². The molecule has 1 aromatic rings. The summed E-state index contributed by atoms with van der Waals surface area (Å²) in [5.41, 5.74) is 0.848. The average molecular weight is 152 g/mol. The number of aromatic nitrogens is 1. The van der Waals surface area contributed by atoms with Gasteiger partial charge in [-0.25, -0.2) is 0 Å². The Kier molecular flexibility index (Phi) is 2.44. The zero-order valence-corrected chi connectivity index (χ0v) is 6.72. The summed E-state index contributed by atoms with van der Waals surface area (Å²) in [4.78, 5) is 14.0. The first-order valence-corrected chi connectivity index (χ1v) is 3.60. The lowest BCUT2D eigenvalue weighted by Crippen LogP contribution is -2.20. The lowest BCUT2D eigenvalue weighted by Gasteiger charge is -2.07. The first-order valence-electron chi connectivity index (χ1n) is 3.60. The minimum atomic E-state index is 0.0746. The molecule has 0 aromatic carbocycles. The van der Waals surface area contributed by atoms with Crippen molar-refractivity contribution in [3.8, 4) is 0 Å². The first kappa shape index (κ1) is 8.01. The Morgan fingerprint density at radius 1 is 1.64 bits per heavy atom. The number of rotatable bonds is 2. The quantitative estimate of drug-likeness (QED) is 0.653. The molecule has 1 atom stereocenters. The van der Waals surface area contributed by atoms with E-state index in [1.54, 1.807) is 12.4 Å². The maximum Gasteiger partial charge on any atom is 0.186 e. The van der Waals surface area contributed by atoms with Crippen LogP contribution in [0.2, 0.25) is 0 Å². The van der Waals surface area contributed by atoms with E-state index in [0.29, 0.717) is 0 Å². The normalized spacial score (nSPS) is 12.9. The second-order valence-corrected chi connectivity index (χ2v) is 2.47.